The predicted molar refractivity (Wildman–Crippen MR) is 112 cm³/mol. The summed E-state index contributed by atoms with van der Waals surface area (Å²) in [5.41, 5.74) is 0.911. The quantitative estimate of drug-likeness (QED) is 0.544. The minimum absolute atomic E-state index is 0.149. The van der Waals surface area contributed by atoms with Crippen molar-refractivity contribution in [2.45, 2.75) is 13.5 Å². The molecule has 1 N–H and O–H groups in total. The number of rotatable bonds is 5. The fraction of sp³-hybridized carbons (Fsp3) is 0.200. The van der Waals surface area contributed by atoms with Crippen molar-refractivity contribution in [3.63, 3.8) is 0 Å². The molecule has 9 heteroatoms. The van der Waals surface area contributed by atoms with E-state index < -0.39 is 0 Å². The van der Waals surface area contributed by atoms with Crippen molar-refractivity contribution < 1.29 is 14.3 Å². The topological polar surface area (TPSA) is 95.3 Å². The lowest BCUT2D eigenvalue weighted by molar-refractivity contribution is -0.116. The summed E-state index contributed by atoms with van der Waals surface area (Å²) in [7, 11) is 3.06. The van der Waals surface area contributed by atoms with E-state index in [9.17, 15) is 9.59 Å². The van der Waals surface area contributed by atoms with E-state index in [1.165, 1.54) is 30.1 Å². The molecule has 4 aromatic rings. The van der Waals surface area contributed by atoms with Gasteiger partial charge in [0.1, 0.15) is 21.9 Å². The third kappa shape index (κ3) is 3.40. The van der Waals surface area contributed by atoms with Gasteiger partial charge in [-0.05, 0) is 31.2 Å². The van der Waals surface area contributed by atoms with E-state index in [2.05, 4.69) is 15.3 Å². The number of anilines is 1. The Labute approximate surface area is 169 Å². The van der Waals surface area contributed by atoms with Crippen LogP contribution in [0.4, 0.5) is 5.69 Å². The van der Waals surface area contributed by atoms with Gasteiger partial charge >= 0.3 is 0 Å². The molecule has 0 bridgehead atoms. The first-order chi connectivity index (χ1) is 14.0. The van der Waals surface area contributed by atoms with Gasteiger partial charge in [0.2, 0.25) is 5.91 Å². The summed E-state index contributed by atoms with van der Waals surface area (Å²) in [6.45, 7) is 1.56. The maximum atomic E-state index is 13.0. The molecule has 148 valence electrons. The van der Waals surface area contributed by atoms with Crippen LogP contribution in [0.1, 0.15) is 5.82 Å². The zero-order chi connectivity index (χ0) is 20.5. The first-order valence-electron chi connectivity index (χ1n) is 8.78. The summed E-state index contributed by atoms with van der Waals surface area (Å²) >= 11 is 1.28. The van der Waals surface area contributed by atoms with Gasteiger partial charge in [-0.15, -0.1) is 11.3 Å². The van der Waals surface area contributed by atoms with Gasteiger partial charge < -0.3 is 14.8 Å². The molecule has 8 nitrogen and oxygen atoms in total. The minimum atomic E-state index is -0.345. The molecule has 4 rings (SSSR count). The molecule has 1 aromatic carbocycles. The van der Waals surface area contributed by atoms with Crippen molar-refractivity contribution in [1.82, 2.24) is 14.5 Å². The SMILES string of the molecule is COc1ccc(NC(=O)Cn2c(C)nc3c(sc4ncccc43)c2=O)cc1OC. The number of carbonyl (C=O) groups excluding carboxylic acids is 1. The third-order valence-electron chi connectivity index (χ3n) is 4.51. The summed E-state index contributed by atoms with van der Waals surface area (Å²) in [5, 5.41) is 3.62. The van der Waals surface area contributed by atoms with Gasteiger partial charge in [0, 0.05) is 23.3 Å². The van der Waals surface area contributed by atoms with E-state index in [1.807, 2.05) is 12.1 Å². The molecule has 0 aliphatic carbocycles. The molecule has 3 aromatic heterocycles. The van der Waals surface area contributed by atoms with Gasteiger partial charge in [0.05, 0.1) is 19.7 Å². The summed E-state index contributed by atoms with van der Waals surface area (Å²) in [5.74, 6) is 1.18. The van der Waals surface area contributed by atoms with Crippen LogP contribution in [0, 0.1) is 6.92 Å². The number of amides is 1. The number of fused-ring (bicyclic) bond motifs is 3. The van der Waals surface area contributed by atoms with Gasteiger partial charge in [-0.3, -0.25) is 14.2 Å². The lowest BCUT2D eigenvalue weighted by atomic mass is 10.2. The summed E-state index contributed by atoms with van der Waals surface area (Å²) in [4.78, 5) is 35.1. The highest BCUT2D eigenvalue weighted by Gasteiger charge is 2.16. The molecule has 3 heterocycles. The third-order valence-corrected chi connectivity index (χ3v) is 5.60. The number of hydrogen-bond donors (Lipinski definition) is 1. The molecule has 0 radical (unpaired) electrons. The van der Waals surface area contributed by atoms with Crippen LogP contribution in [0.25, 0.3) is 20.4 Å². The number of nitrogens with zero attached hydrogens (tertiary/aromatic N) is 3. The van der Waals surface area contributed by atoms with Crippen LogP contribution in [0.15, 0.2) is 41.3 Å². The van der Waals surface area contributed by atoms with Crippen molar-refractivity contribution in [2.75, 3.05) is 19.5 Å². The van der Waals surface area contributed by atoms with Crippen LogP contribution in [0.3, 0.4) is 0 Å². The summed E-state index contributed by atoms with van der Waals surface area (Å²) in [6.07, 6.45) is 1.68. The number of aromatic nitrogens is 3. The standard InChI is InChI=1S/C20H18N4O4S/c1-11-22-17-13-5-4-8-21-19(13)29-18(17)20(26)24(11)10-16(25)23-12-6-7-14(27-2)15(9-12)28-3/h4-9H,10H2,1-3H3,(H,23,25). The van der Waals surface area contributed by atoms with E-state index >= 15 is 0 Å². The number of benzene rings is 1. The molecule has 0 aliphatic heterocycles. The molecule has 0 fully saturated rings. The van der Waals surface area contributed by atoms with Crippen LogP contribution in [-0.2, 0) is 11.3 Å². The van der Waals surface area contributed by atoms with Crippen LogP contribution in [0.2, 0.25) is 0 Å². The van der Waals surface area contributed by atoms with Crippen LogP contribution >= 0.6 is 11.3 Å². The Balaban J connectivity index is 1.64. The molecule has 0 saturated carbocycles. The molecule has 0 spiro atoms. The van der Waals surface area contributed by atoms with E-state index in [4.69, 9.17) is 9.47 Å². The van der Waals surface area contributed by atoms with Crippen molar-refractivity contribution >= 4 is 43.4 Å². The number of carbonyl (C=O) groups is 1. The van der Waals surface area contributed by atoms with E-state index in [0.29, 0.717) is 33.2 Å². The van der Waals surface area contributed by atoms with Gasteiger partial charge in [-0.25, -0.2) is 9.97 Å². The number of thiophene rings is 1. The average molecular weight is 410 g/mol. The fourth-order valence-corrected chi connectivity index (χ4v) is 4.14. The second-order valence-electron chi connectivity index (χ2n) is 6.30. The zero-order valence-corrected chi connectivity index (χ0v) is 16.9. The highest BCUT2D eigenvalue weighted by atomic mass is 32.1. The van der Waals surface area contributed by atoms with Gasteiger partial charge in [-0.1, -0.05) is 0 Å². The Morgan fingerprint density at radius 2 is 2.00 bits per heavy atom. The van der Waals surface area contributed by atoms with Gasteiger partial charge in [-0.2, -0.15) is 0 Å². The number of aryl methyl sites for hydroxylation is 1. The highest BCUT2D eigenvalue weighted by molar-refractivity contribution is 7.25. The largest absolute Gasteiger partial charge is 0.493 e. The highest BCUT2D eigenvalue weighted by Crippen LogP contribution is 2.30. The van der Waals surface area contributed by atoms with E-state index in [1.54, 1.807) is 31.3 Å². The fourth-order valence-electron chi connectivity index (χ4n) is 3.11. The molecule has 1 amide bonds. The monoisotopic (exact) mass is 410 g/mol. The van der Waals surface area contributed by atoms with E-state index in [0.717, 1.165) is 10.2 Å². The molecule has 0 atom stereocenters. The smallest absolute Gasteiger partial charge is 0.272 e. The summed E-state index contributed by atoms with van der Waals surface area (Å²) in [6, 6.07) is 8.76. The number of ether oxygens (including phenoxy) is 2. The first-order valence-corrected chi connectivity index (χ1v) is 9.60. The maximum absolute atomic E-state index is 13.0. The Kier molecular flexibility index (Phi) is 4.89. The van der Waals surface area contributed by atoms with Crippen molar-refractivity contribution in [3.8, 4) is 11.5 Å². The van der Waals surface area contributed by atoms with Crippen LogP contribution < -0.4 is 20.3 Å². The Morgan fingerprint density at radius 1 is 1.21 bits per heavy atom. The molecule has 29 heavy (non-hydrogen) atoms. The van der Waals surface area contributed by atoms with Crippen molar-refractivity contribution in [3.05, 3.63) is 52.7 Å². The zero-order valence-electron chi connectivity index (χ0n) is 16.1. The molecule has 0 saturated heterocycles. The maximum Gasteiger partial charge on any atom is 0.272 e. The summed E-state index contributed by atoms with van der Waals surface area (Å²) < 4.78 is 12.3. The minimum Gasteiger partial charge on any atom is -0.493 e. The lowest BCUT2D eigenvalue weighted by Gasteiger charge is -2.12. The molecule has 0 unspecified atom stereocenters. The number of hydrogen-bond acceptors (Lipinski definition) is 7. The Bertz CT molecular complexity index is 1300. The normalized spacial score (nSPS) is 11.0. The number of nitrogens with one attached hydrogen (secondary N) is 1. The van der Waals surface area contributed by atoms with Crippen LogP contribution in [0.5, 0.6) is 11.5 Å². The number of methoxy groups -OCH3 is 2. The first kappa shape index (κ1) is 18.9. The predicted octanol–water partition coefficient (Wildman–Crippen LogP) is 2.97. The molecule has 0 aliphatic rings. The second-order valence-corrected chi connectivity index (χ2v) is 7.30. The molecular weight excluding hydrogens is 392 g/mol. The van der Waals surface area contributed by atoms with Crippen molar-refractivity contribution in [1.29, 1.82) is 0 Å². The lowest BCUT2D eigenvalue weighted by Crippen LogP contribution is -2.29. The molecular formula is C20H18N4O4S. The second kappa shape index (κ2) is 7.51. The Hall–Kier alpha value is -3.46. The van der Waals surface area contributed by atoms with Crippen molar-refractivity contribution in [2.24, 2.45) is 0 Å². The van der Waals surface area contributed by atoms with Gasteiger partial charge in [0.25, 0.3) is 5.56 Å². The van der Waals surface area contributed by atoms with Crippen LogP contribution in [-0.4, -0.2) is 34.7 Å². The van der Waals surface area contributed by atoms with Gasteiger partial charge in [0.15, 0.2) is 11.5 Å². The number of pyridine rings is 1. The Morgan fingerprint density at radius 3 is 2.76 bits per heavy atom. The average Bonchev–Trinajstić information content (AvgIpc) is 3.09. The van der Waals surface area contributed by atoms with E-state index in [-0.39, 0.29) is 18.0 Å².